The summed E-state index contributed by atoms with van der Waals surface area (Å²) in [6, 6.07) is 5.99. The number of benzene rings is 1. The second-order valence-electron chi connectivity index (χ2n) is 5.98. The number of aryl methyl sites for hydroxylation is 1. The fraction of sp³-hybridized carbons (Fsp3) is 0.600. The molecule has 0 atom stereocenters. The van der Waals surface area contributed by atoms with Crippen molar-refractivity contribution >= 4 is 15.7 Å². The van der Waals surface area contributed by atoms with Gasteiger partial charge in [0, 0.05) is 31.9 Å². The summed E-state index contributed by atoms with van der Waals surface area (Å²) in [5, 5.41) is 3.32. The maximum absolute atomic E-state index is 12.4. The van der Waals surface area contributed by atoms with Crippen molar-refractivity contribution < 1.29 is 13.2 Å². The molecule has 122 valence electrons. The molecular formula is C15H23N3O3S. The summed E-state index contributed by atoms with van der Waals surface area (Å²) >= 11 is 0. The number of sulfonamides is 1. The van der Waals surface area contributed by atoms with Gasteiger partial charge in [-0.15, -0.1) is 0 Å². The predicted octanol–water partition coefficient (Wildman–Crippen LogP) is 0.223. The molecule has 0 spiro atoms. The molecule has 0 aliphatic carbocycles. The topological polar surface area (TPSA) is 70.7 Å². The van der Waals surface area contributed by atoms with Gasteiger partial charge < -0.3 is 15.0 Å². The Balaban J connectivity index is 1.80. The minimum atomic E-state index is -3.34. The van der Waals surface area contributed by atoms with Crippen molar-refractivity contribution in [3.05, 3.63) is 29.3 Å². The van der Waals surface area contributed by atoms with Gasteiger partial charge in [0.15, 0.2) is 0 Å². The van der Waals surface area contributed by atoms with Gasteiger partial charge in [0.1, 0.15) is 0 Å². The molecule has 0 radical (unpaired) electrons. The lowest BCUT2D eigenvalue weighted by Gasteiger charge is -2.32. The first-order chi connectivity index (χ1) is 10.5. The van der Waals surface area contributed by atoms with E-state index in [1.165, 1.54) is 0 Å². The van der Waals surface area contributed by atoms with Gasteiger partial charge in [-0.05, 0) is 18.6 Å². The largest absolute Gasteiger partial charge is 0.378 e. The van der Waals surface area contributed by atoms with Crippen molar-refractivity contribution in [2.45, 2.75) is 18.7 Å². The van der Waals surface area contributed by atoms with Gasteiger partial charge in [-0.2, -0.15) is 0 Å². The van der Waals surface area contributed by atoms with Crippen molar-refractivity contribution in [3.8, 4) is 0 Å². The van der Waals surface area contributed by atoms with E-state index in [1.54, 1.807) is 0 Å². The minimum Gasteiger partial charge on any atom is -0.378 e. The molecule has 2 aliphatic heterocycles. The lowest BCUT2D eigenvalue weighted by molar-refractivity contribution is 0.00480. The molecule has 2 heterocycles. The molecule has 1 aromatic carbocycles. The summed E-state index contributed by atoms with van der Waals surface area (Å²) < 4.78 is 32.4. The fourth-order valence-electron chi connectivity index (χ4n) is 2.85. The smallest absolute Gasteiger partial charge is 0.216 e. The van der Waals surface area contributed by atoms with Crippen molar-refractivity contribution in [1.82, 2.24) is 10.0 Å². The molecule has 0 saturated carbocycles. The Kier molecular flexibility index (Phi) is 4.67. The second-order valence-corrected chi connectivity index (χ2v) is 7.73. The Morgan fingerprint density at radius 3 is 2.68 bits per heavy atom. The lowest BCUT2D eigenvalue weighted by atomic mass is 10.1. The van der Waals surface area contributed by atoms with Crippen LogP contribution in [0.5, 0.6) is 0 Å². The SMILES string of the molecule is Cc1ccc(N2CCNCC2)c(CS(=O)(=O)NC2COC2)c1. The first-order valence-electron chi connectivity index (χ1n) is 7.66. The van der Waals surface area contributed by atoms with Crippen LogP contribution in [0.15, 0.2) is 18.2 Å². The van der Waals surface area contributed by atoms with Gasteiger partial charge in [0.25, 0.3) is 0 Å². The fourth-order valence-corrected chi connectivity index (χ4v) is 4.22. The zero-order valence-corrected chi connectivity index (χ0v) is 13.7. The minimum absolute atomic E-state index is 0.0183. The molecule has 22 heavy (non-hydrogen) atoms. The first kappa shape index (κ1) is 15.7. The van der Waals surface area contributed by atoms with Gasteiger partial charge in [-0.25, -0.2) is 13.1 Å². The second kappa shape index (κ2) is 6.54. The number of piperazine rings is 1. The van der Waals surface area contributed by atoms with Crippen molar-refractivity contribution in [3.63, 3.8) is 0 Å². The van der Waals surface area contributed by atoms with Crippen LogP contribution in [-0.2, 0) is 20.5 Å². The van der Waals surface area contributed by atoms with E-state index in [1.807, 2.05) is 25.1 Å². The third-order valence-electron chi connectivity index (χ3n) is 4.02. The number of rotatable bonds is 5. The highest BCUT2D eigenvalue weighted by Gasteiger charge is 2.26. The van der Waals surface area contributed by atoms with E-state index in [0.717, 1.165) is 43.0 Å². The maximum atomic E-state index is 12.4. The number of anilines is 1. The van der Waals surface area contributed by atoms with Crippen LogP contribution in [0.4, 0.5) is 5.69 Å². The average Bonchev–Trinajstić information content (AvgIpc) is 2.44. The summed E-state index contributed by atoms with van der Waals surface area (Å²) in [6.45, 7) is 6.59. The van der Waals surface area contributed by atoms with Crippen LogP contribution in [0.2, 0.25) is 0 Å². The number of nitrogens with zero attached hydrogens (tertiary/aromatic N) is 1. The molecule has 2 saturated heterocycles. The Morgan fingerprint density at radius 2 is 2.05 bits per heavy atom. The van der Waals surface area contributed by atoms with Gasteiger partial charge >= 0.3 is 0 Å². The van der Waals surface area contributed by atoms with E-state index < -0.39 is 10.0 Å². The molecule has 6 nitrogen and oxygen atoms in total. The van der Waals surface area contributed by atoms with Crippen LogP contribution in [0.25, 0.3) is 0 Å². The number of hydrogen-bond acceptors (Lipinski definition) is 5. The molecule has 0 amide bonds. The molecule has 3 rings (SSSR count). The van der Waals surface area contributed by atoms with Crippen LogP contribution in [0, 0.1) is 6.92 Å². The molecule has 7 heteroatoms. The Hall–Kier alpha value is -1.15. The lowest BCUT2D eigenvalue weighted by Crippen LogP contribution is -2.49. The molecule has 0 bridgehead atoms. The van der Waals surface area contributed by atoms with Crippen LogP contribution in [0.3, 0.4) is 0 Å². The zero-order chi connectivity index (χ0) is 15.6. The van der Waals surface area contributed by atoms with Gasteiger partial charge in [-0.3, -0.25) is 0 Å². The van der Waals surface area contributed by atoms with Crippen LogP contribution in [-0.4, -0.2) is 53.9 Å². The summed E-state index contributed by atoms with van der Waals surface area (Å²) in [7, 11) is -3.34. The highest BCUT2D eigenvalue weighted by atomic mass is 32.2. The van der Waals surface area contributed by atoms with Gasteiger partial charge in [-0.1, -0.05) is 17.7 Å². The third kappa shape index (κ3) is 3.78. The van der Waals surface area contributed by atoms with Crippen LogP contribution >= 0.6 is 0 Å². The van der Waals surface area contributed by atoms with Crippen LogP contribution < -0.4 is 14.9 Å². The summed E-state index contributed by atoms with van der Waals surface area (Å²) in [4.78, 5) is 2.26. The van der Waals surface area contributed by atoms with E-state index in [-0.39, 0.29) is 11.8 Å². The number of hydrogen-bond donors (Lipinski definition) is 2. The highest BCUT2D eigenvalue weighted by Crippen LogP contribution is 2.24. The van der Waals surface area contributed by atoms with Gasteiger partial charge in [0.05, 0.1) is 25.0 Å². The van der Waals surface area contributed by atoms with E-state index in [4.69, 9.17) is 4.74 Å². The number of ether oxygens (including phenoxy) is 1. The molecular weight excluding hydrogens is 302 g/mol. The highest BCUT2D eigenvalue weighted by molar-refractivity contribution is 7.88. The zero-order valence-electron chi connectivity index (χ0n) is 12.8. The maximum Gasteiger partial charge on any atom is 0.216 e. The van der Waals surface area contributed by atoms with Crippen molar-refractivity contribution in [2.75, 3.05) is 44.3 Å². The van der Waals surface area contributed by atoms with Crippen molar-refractivity contribution in [2.24, 2.45) is 0 Å². The summed E-state index contributed by atoms with van der Waals surface area (Å²) in [5.41, 5.74) is 2.98. The first-order valence-corrected chi connectivity index (χ1v) is 9.32. The Bertz CT molecular complexity index is 623. The normalized spacial score (nSPS) is 20.0. The Labute approximate surface area is 131 Å². The summed E-state index contributed by atoms with van der Waals surface area (Å²) in [5.74, 6) is 0.0183. The standard InChI is InChI=1S/C15H23N3O3S/c1-12-2-3-15(18-6-4-16-5-7-18)13(8-12)11-22(19,20)17-14-9-21-10-14/h2-3,8,14,16-17H,4-7,9-11H2,1H3. The molecule has 2 aliphatic rings. The molecule has 0 aromatic heterocycles. The van der Waals surface area contributed by atoms with Crippen LogP contribution in [0.1, 0.15) is 11.1 Å². The third-order valence-corrected chi connectivity index (χ3v) is 5.41. The van der Waals surface area contributed by atoms with E-state index >= 15 is 0 Å². The van der Waals surface area contributed by atoms with E-state index in [0.29, 0.717) is 13.2 Å². The monoisotopic (exact) mass is 325 g/mol. The summed E-state index contributed by atoms with van der Waals surface area (Å²) in [6.07, 6.45) is 0. The van der Waals surface area contributed by atoms with E-state index in [2.05, 4.69) is 14.9 Å². The molecule has 1 aromatic rings. The van der Waals surface area contributed by atoms with Gasteiger partial charge in [0.2, 0.25) is 10.0 Å². The molecule has 2 fully saturated rings. The predicted molar refractivity (Wildman–Crippen MR) is 86.6 cm³/mol. The van der Waals surface area contributed by atoms with Crippen molar-refractivity contribution in [1.29, 1.82) is 0 Å². The van der Waals surface area contributed by atoms with E-state index in [9.17, 15) is 8.42 Å². The Morgan fingerprint density at radius 1 is 1.32 bits per heavy atom. The number of nitrogens with one attached hydrogen (secondary N) is 2. The quantitative estimate of drug-likeness (QED) is 0.811. The average molecular weight is 325 g/mol. The molecule has 2 N–H and O–H groups in total. The molecule has 0 unspecified atom stereocenters.